The molecule has 1 rings (SSSR count). The topological polar surface area (TPSA) is 14.1 Å². The summed E-state index contributed by atoms with van der Waals surface area (Å²) in [7, 11) is 0. The van der Waals surface area contributed by atoms with Crippen molar-refractivity contribution in [3.05, 3.63) is 16.2 Å². The molecule has 0 atom stereocenters. The predicted octanol–water partition coefficient (Wildman–Crippen LogP) is 1.53. The molecule has 0 bridgehead atoms. The van der Waals surface area contributed by atoms with E-state index in [4.69, 9.17) is 0 Å². The molecule has 1 aliphatic heterocycles. The summed E-state index contributed by atoms with van der Waals surface area (Å²) in [6.45, 7) is 0.907. The smallest absolute Gasteiger partial charge is 0 e. The van der Waals surface area contributed by atoms with Crippen LogP contribution in [0.5, 0.6) is 0 Å². The van der Waals surface area contributed by atoms with E-state index < -0.39 is 0 Å². The zero-order valence-corrected chi connectivity index (χ0v) is 13.8. The standard InChI is InChI=1S/C3H4NS.3Y/c1-2-4-5-3-1;;;/h1,3H,2H2;;;/q-1;;;. The molecule has 5 heteroatoms. The number of hydrogen-bond acceptors (Lipinski definition) is 1. The number of hydrogen-bond donors (Lipinski definition) is 0. The van der Waals surface area contributed by atoms with Crippen molar-refractivity contribution in [3.63, 3.8) is 0 Å². The van der Waals surface area contributed by atoms with Gasteiger partial charge in [-0.2, -0.15) is 0 Å². The largest absolute Gasteiger partial charge is 0.599 e. The summed E-state index contributed by atoms with van der Waals surface area (Å²) in [4.78, 5) is 0. The van der Waals surface area contributed by atoms with Crippen molar-refractivity contribution in [1.29, 1.82) is 0 Å². The molecule has 1 nitrogen and oxygen atoms in total. The molecule has 0 fully saturated rings. The van der Waals surface area contributed by atoms with Crippen LogP contribution < -0.4 is 0 Å². The Labute approximate surface area is 130 Å². The molecule has 3 radical (unpaired) electrons. The van der Waals surface area contributed by atoms with Gasteiger partial charge in [-0.25, -0.2) is 0 Å². The maximum absolute atomic E-state index is 3.89. The third-order valence-corrected chi connectivity index (χ3v) is 1.02. The quantitative estimate of drug-likeness (QED) is 0.603. The monoisotopic (exact) mass is 353 g/mol. The van der Waals surface area contributed by atoms with Gasteiger partial charge in [-0.1, -0.05) is 11.5 Å². The minimum atomic E-state index is 0. The van der Waals surface area contributed by atoms with Crippen LogP contribution in [0.3, 0.4) is 0 Å². The van der Waals surface area contributed by atoms with Crippen molar-refractivity contribution in [1.82, 2.24) is 0 Å². The molecule has 0 aromatic carbocycles. The summed E-state index contributed by atoms with van der Waals surface area (Å²) in [6, 6.07) is 0. The van der Waals surface area contributed by atoms with E-state index in [1.54, 1.807) is 0 Å². The summed E-state index contributed by atoms with van der Waals surface area (Å²) in [5, 5.41) is 1.99. The van der Waals surface area contributed by atoms with Crippen LogP contribution in [0.1, 0.15) is 0 Å². The summed E-state index contributed by atoms with van der Waals surface area (Å²) in [5.41, 5.74) is 0. The fraction of sp³-hybridized carbons (Fsp3) is 0.333. The average Bonchev–Trinajstić information content (AvgIpc) is 1.76. The Balaban J connectivity index is -0.0000000833. The Morgan fingerprint density at radius 2 is 1.88 bits per heavy atom. The molecule has 1 heterocycles. The van der Waals surface area contributed by atoms with E-state index in [0.717, 1.165) is 6.54 Å². The summed E-state index contributed by atoms with van der Waals surface area (Å²) < 4.78 is 3.89. The van der Waals surface area contributed by atoms with Gasteiger partial charge in [0, 0.05) is 98.1 Å². The van der Waals surface area contributed by atoms with E-state index in [9.17, 15) is 0 Å². The second-order valence-corrected chi connectivity index (χ2v) is 1.53. The van der Waals surface area contributed by atoms with Crippen molar-refractivity contribution in [2.45, 2.75) is 0 Å². The fourth-order valence-corrected chi connectivity index (χ4v) is 0.645. The summed E-state index contributed by atoms with van der Waals surface area (Å²) in [5.74, 6) is 0. The Kier molecular flexibility index (Phi) is 28.3. The van der Waals surface area contributed by atoms with Crippen molar-refractivity contribution < 1.29 is 98.1 Å². The molecule has 1 aliphatic rings. The fourth-order valence-electron chi connectivity index (χ4n) is 0.215. The minimum absolute atomic E-state index is 0. The zero-order valence-electron chi connectivity index (χ0n) is 4.45. The van der Waals surface area contributed by atoms with Crippen molar-refractivity contribution in [3.8, 4) is 0 Å². The molecule has 0 saturated heterocycles. The second-order valence-electron chi connectivity index (χ2n) is 0.789. The molecule has 37 valence electrons. The molecule has 0 aliphatic carbocycles. The average molecular weight is 353 g/mol. The van der Waals surface area contributed by atoms with Gasteiger partial charge in [0.1, 0.15) is 0 Å². The molecule has 8 heavy (non-hydrogen) atoms. The normalized spacial score (nSPS) is 13.0. The van der Waals surface area contributed by atoms with Crippen LogP contribution in [0.2, 0.25) is 0 Å². The van der Waals surface area contributed by atoms with Crippen LogP contribution in [0, 0.1) is 0 Å². The zero-order chi connectivity index (χ0) is 3.54. The van der Waals surface area contributed by atoms with Crippen molar-refractivity contribution in [2.24, 2.45) is 0 Å². The van der Waals surface area contributed by atoms with Crippen LogP contribution >= 0.6 is 11.9 Å². The minimum Gasteiger partial charge on any atom is -0.599 e. The van der Waals surface area contributed by atoms with Crippen LogP contribution in [0.4, 0.5) is 0 Å². The van der Waals surface area contributed by atoms with Gasteiger partial charge in [0.25, 0.3) is 0 Å². The van der Waals surface area contributed by atoms with Crippen molar-refractivity contribution >= 4 is 11.9 Å². The Morgan fingerprint density at radius 1 is 1.25 bits per heavy atom. The maximum atomic E-state index is 3.89. The van der Waals surface area contributed by atoms with Gasteiger partial charge in [0.2, 0.25) is 0 Å². The number of rotatable bonds is 0. The van der Waals surface area contributed by atoms with Gasteiger partial charge in [-0.05, 0) is 0 Å². The van der Waals surface area contributed by atoms with Crippen molar-refractivity contribution in [2.75, 3.05) is 6.54 Å². The molecule has 0 amide bonds. The first-order valence-corrected chi connectivity index (χ1v) is 2.31. The molecule has 0 aromatic rings. The first-order chi connectivity index (χ1) is 2.50. The van der Waals surface area contributed by atoms with E-state index >= 15 is 0 Å². The SMILES string of the molecule is C1=CS[N-]C1.[Y].[Y].[Y]. The van der Waals surface area contributed by atoms with E-state index in [1.165, 1.54) is 11.9 Å². The molecule has 0 unspecified atom stereocenters. The Morgan fingerprint density at radius 3 is 2.00 bits per heavy atom. The van der Waals surface area contributed by atoms with Crippen LogP contribution in [-0.4, -0.2) is 6.54 Å². The van der Waals surface area contributed by atoms with Gasteiger partial charge in [-0.15, -0.1) is 6.54 Å². The molecule has 0 N–H and O–H groups in total. The summed E-state index contributed by atoms with van der Waals surface area (Å²) in [6.07, 6.45) is 2.03. The third-order valence-electron chi connectivity index (χ3n) is 0.412. The maximum Gasteiger partial charge on any atom is 0 e. The van der Waals surface area contributed by atoms with Gasteiger partial charge >= 0.3 is 0 Å². The molecular weight excluding hydrogens is 349 g/mol. The molecule has 0 spiro atoms. The molecule has 0 aromatic heterocycles. The van der Waals surface area contributed by atoms with Gasteiger partial charge in [0.05, 0.1) is 0 Å². The van der Waals surface area contributed by atoms with Gasteiger partial charge in [0.15, 0.2) is 0 Å². The van der Waals surface area contributed by atoms with E-state index in [2.05, 4.69) is 4.72 Å². The van der Waals surface area contributed by atoms with Crippen LogP contribution in [0.15, 0.2) is 11.5 Å². The van der Waals surface area contributed by atoms with E-state index in [0.29, 0.717) is 0 Å². The third kappa shape index (κ3) is 9.36. The van der Waals surface area contributed by atoms with Crippen LogP contribution in [0.25, 0.3) is 4.72 Å². The number of nitrogens with zero attached hydrogens (tertiary/aromatic N) is 1. The first kappa shape index (κ1) is 17.4. The van der Waals surface area contributed by atoms with Gasteiger partial charge < -0.3 is 4.72 Å². The Hall–Kier alpha value is 3.36. The van der Waals surface area contributed by atoms with Crippen LogP contribution in [-0.2, 0) is 98.1 Å². The molecule has 0 saturated carbocycles. The second kappa shape index (κ2) is 13.0. The first-order valence-electron chi connectivity index (χ1n) is 1.48. The predicted molar refractivity (Wildman–Crippen MR) is 25.0 cm³/mol. The summed E-state index contributed by atoms with van der Waals surface area (Å²) >= 11 is 1.52. The Bertz CT molecular complexity index is 52.5. The van der Waals surface area contributed by atoms with E-state index in [1.807, 2.05) is 11.5 Å². The van der Waals surface area contributed by atoms with Gasteiger partial charge in [-0.3, -0.25) is 11.9 Å². The molecular formula is C3H4NSY3-. The van der Waals surface area contributed by atoms with E-state index in [-0.39, 0.29) is 98.1 Å².